The predicted octanol–water partition coefficient (Wildman–Crippen LogP) is 2.75. The topological polar surface area (TPSA) is 54.0 Å². The molecular weight excluding hydrogens is 269 g/mol. The van der Waals surface area contributed by atoms with Gasteiger partial charge in [0.2, 0.25) is 0 Å². The summed E-state index contributed by atoms with van der Waals surface area (Å²) in [6, 6.07) is 9.09. The summed E-state index contributed by atoms with van der Waals surface area (Å²) in [5, 5.41) is 5.59. The van der Waals surface area contributed by atoms with Crippen LogP contribution in [0.1, 0.15) is 28.4 Å². The zero-order valence-electron chi connectivity index (χ0n) is 12.1. The molecule has 4 nitrogen and oxygen atoms in total. The summed E-state index contributed by atoms with van der Waals surface area (Å²) in [5.74, 6) is -0.525. The largest absolute Gasteiger partial charge is 0.372 e. The number of aryl methyl sites for hydroxylation is 1. The lowest BCUT2D eigenvalue weighted by atomic mass is 10.1. The molecule has 0 unspecified atom stereocenters. The molecule has 1 heterocycles. The molecule has 1 amide bonds. The average Bonchev–Trinajstić information content (AvgIpc) is 2.52. The summed E-state index contributed by atoms with van der Waals surface area (Å²) >= 11 is 0. The Morgan fingerprint density at radius 3 is 2.67 bits per heavy atom. The van der Waals surface area contributed by atoms with E-state index in [9.17, 15) is 9.18 Å². The van der Waals surface area contributed by atoms with Gasteiger partial charge >= 0.3 is 0 Å². The van der Waals surface area contributed by atoms with Crippen LogP contribution in [0.5, 0.6) is 0 Å². The molecule has 0 radical (unpaired) electrons. The molecule has 0 aliphatic carbocycles. The van der Waals surface area contributed by atoms with Gasteiger partial charge in [-0.25, -0.2) is 9.37 Å². The first kappa shape index (κ1) is 15.0. The van der Waals surface area contributed by atoms with Crippen molar-refractivity contribution in [2.75, 3.05) is 12.4 Å². The van der Waals surface area contributed by atoms with Crippen molar-refractivity contribution >= 4 is 11.7 Å². The van der Waals surface area contributed by atoms with Crippen LogP contribution in [0, 0.1) is 5.82 Å². The van der Waals surface area contributed by atoms with E-state index in [-0.39, 0.29) is 11.5 Å². The Bertz CT molecular complexity index is 643. The molecule has 5 heteroatoms. The summed E-state index contributed by atoms with van der Waals surface area (Å²) < 4.78 is 13.3. The monoisotopic (exact) mass is 287 g/mol. The molecule has 110 valence electrons. The number of carbonyl (C=O) groups is 1. The summed E-state index contributed by atoms with van der Waals surface area (Å²) in [5.41, 5.74) is 2.44. The molecule has 0 saturated heterocycles. The molecule has 2 aromatic rings. The van der Waals surface area contributed by atoms with E-state index in [4.69, 9.17) is 0 Å². The van der Waals surface area contributed by atoms with Gasteiger partial charge in [0.1, 0.15) is 11.6 Å². The molecule has 2 rings (SSSR count). The molecule has 21 heavy (non-hydrogen) atoms. The Labute approximate surface area is 123 Å². The van der Waals surface area contributed by atoms with E-state index in [1.165, 1.54) is 11.6 Å². The van der Waals surface area contributed by atoms with Crippen LogP contribution in [0.15, 0.2) is 36.5 Å². The first-order valence-electron chi connectivity index (χ1n) is 6.84. The van der Waals surface area contributed by atoms with Gasteiger partial charge in [0.05, 0.1) is 11.8 Å². The van der Waals surface area contributed by atoms with Crippen molar-refractivity contribution in [2.24, 2.45) is 0 Å². The Hall–Kier alpha value is -2.43. The van der Waals surface area contributed by atoms with Gasteiger partial charge in [0.15, 0.2) is 0 Å². The Morgan fingerprint density at radius 2 is 2.00 bits per heavy atom. The third kappa shape index (κ3) is 3.56. The van der Waals surface area contributed by atoms with Crippen molar-refractivity contribution in [2.45, 2.75) is 19.9 Å². The quantitative estimate of drug-likeness (QED) is 0.889. The molecule has 0 saturated carbocycles. The molecule has 0 aliphatic rings. The van der Waals surface area contributed by atoms with Gasteiger partial charge in [-0.15, -0.1) is 0 Å². The summed E-state index contributed by atoms with van der Waals surface area (Å²) in [6.45, 7) is 2.47. The molecule has 1 aromatic carbocycles. The molecule has 0 aliphatic heterocycles. The summed E-state index contributed by atoms with van der Waals surface area (Å²) in [4.78, 5) is 16.1. The fourth-order valence-corrected chi connectivity index (χ4v) is 2.16. The van der Waals surface area contributed by atoms with Crippen molar-refractivity contribution in [3.8, 4) is 0 Å². The van der Waals surface area contributed by atoms with Gasteiger partial charge in [-0.1, -0.05) is 31.2 Å². The van der Waals surface area contributed by atoms with Crippen LogP contribution in [0.4, 0.5) is 10.2 Å². The summed E-state index contributed by atoms with van der Waals surface area (Å²) in [7, 11) is 1.64. The maximum atomic E-state index is 13.3. The van der Waals surface area contributed by atoms with Gasteiger partial charge < -0.3 is 10.6 Å². The van der Waals surface area contributed by atoms with E-state index >= 15 is 0 Å². The van der Waals surface area contributed by atoms with E-state index in [0.717, 1.165) is 18.2 Å². The molecule has 0 fully saturated rings. The number of halogens is 1. The number of nitrogens with one attached hydrogen (secondary N) is 2. The first-order chi connectivity index (χ1) is 10.2. The minimum Gasteiger partial charge on any atom is -0.372 e. The smallest absolute Gasteiger partial charge is 0.255 e. The highest BCUT2D eigenvalue weighted by molar-refractivity contribution is 5.98. The fourth-order valence-electron chi connectivity index (χ4n) is 2.16. The normalized spacial score (nSPS) is 10.2. The Balaban J connectivity index is 2.13. The Morgan fingerprint density at radius 1 is 1.29 bits per heavy atom. The molecule has 1 aromatic heterocycles. The van der Waals surface area contributed by atoms with E-state index in [0.29, 0.717) is 12.4 Å². The number of benzene rings is 1. The number of nitrogens with zero attached hydrogens (tertiary/aromatic N) is 1. The minimum absolute atomic E-state index is 0.200. The highest BCUT2D eigenvalue weighted by Gasteiger charge is 2.13. The number of hydrogen-bond donors (Lipinski definition) is 2. The number of pyridine rings is 1. The van der Waals surface area contributed by atoms with E-state index in [2.05, 4.69) is 22.5 Å². The maximum Gasteiger partial charge on any atom is 0.255 e. The second-order valence-electron chi connectivity index (χ2n) is 4.60. The lowest BCUT2D eigenvalue weighted by Gasteiger charge is -2.11. The number of anilines is 1. The standard InChI is InChI=1S/C16H18FN3O/c1-3-11-6-4-5-7-12(11)9-20-16(21)14-8-13(17)10-19-15(14)18-2/h4-8,10H,3,9H2,1-2H3,(H,18,19)(H,20,21). The predicted molar refractivity (Wildman–Crippen MR) is 80.7 cm³/mol. The lowest BCUT2D eigenvalue weighted by Crippen LogP contribution is -2.24. The number of hydrogen-bond acceptors (Lipinski definition) is 3. The molecule has 0 bridgehead atoms. The second kappa shape index (κ2) is 6.83. The van der Waals surface area contributed by atoms with E-state index < -0.39 is 5.82 Å². The lowest BCUT2D eigenvalue weighted by molar-refractivity contribution is 0.0951. The van der Waals surface area contributed by atoms with E-state index in [1.807, 2.05) is 24.3 Å². The van der Waals surface area contributed by atoms with Crippen LogP contribution in [0.2, 0.25) is 0 Å². The molecular formula is C16H18FN3O. The maximum absolute atomic E-state index is 13.3. The van der Waals surface area contributed by atoms with Crippen LogP contribution < -0.4 is 10.6 Å². The van der Waals surface area contributed by atoms with Crippen molar-refractivity contribution in [1.82, 2.24) is 10.3 Å². The molecule has 0 spiro atoms. The van der Waals surface area contributed by atoms with Crippen LogP contribution in [0.25, 0.3) is 0 Å². The third-order valence-corrected chi connectivity index (χ3v) is 3.27. The number of aromatic nitrogens is 1. The highest BCUT2D eigenvalue weighted by atomic mass is 19.1. The highest BCUT2D eigenvalue weighted by Crippen LogP contribution is 2.14. The zero-order chi connectivity index (χ0) is 15.2. The summed E-state index contributed by atoms with van der Waals surface area (Å²) in [6.07, 6.45) is 1.98. The third-order valence-electron chi connectivity index (χ3n) is 3.27. The zero-order valence-corrected chi connectivity index (χ0v) is 12.1. The van der Waals surface area contributed by atoms with Gasteiger partial charge in [0, 0.05) is 13.6 Å². The minimum atomic E-state index is -0.534. The molecule has 0 atom stereocenters. The number of carbonyl (C=O) groups excluding carboxylic acids is 1. The van der Waals surface area contributed by atoms with Crippen LogP contribution in [0.3, 0.4) is 0 Å². The molecule has 2 N–H and O–H groups in total. The number of amides is 1. The van der Waals surface area contributed by atoms with Crippen LogP contribution in [-0.2, 0) is 13.0 Å². The van der Waals surface area contributed by atoms with Gasteiger partial charge in [0.25, 0.3) is 5.91 Å². The fraction of sp³-hybridized carbons (Fsp3) is 0.250. The SMILES string of the molecule is CCc1ccccc1CNC(=O)c1cc(F)cnc1NC. The van der Waals surface area contributed by atoms with Gasteiger partial charge in [-0.2, -0.15) is 0 Å². The second-order valence-corrected chi connectivity index (χ2v) is 4.60. The first-order valence-corrected chi connectivity index (χ1v) is 6.84. The van der Waals surface area contributed by atoms with Crippen molar-refractivity contribution in [1.29, 1.82) is 0 Å². The average molecular weight is 287 g/mol. The Kier molecular flexibility index (Phi) is 4.87. The van der Waals surface area contributed by atoms with Crippen molar-refractivity contribution in [3.63, 3.8) is 0 Å². The van der Waals surface area contributed by atoms with Crippen LogP contribution >= 0.6 is 0 Å². The van der Waals surface area contributed by atoms with Gasteiger partial charge in [-0.05, 0) is 23.6 Å². The number of rotatable bonds is 5. The van der Waals surface area contributed by atoms with Gasteiger partial charge in [-0.3, -0.25) is 4.79 Å². The van der Waals surface area contributed by atoms with Crippen molar-refractivity contribution < 1.29 is 9.18 Å². The van der Waals surface area contributed by atoms with Crippen LogP contribution in [-0.4, -0.2) is 17.9 Å². The van der Waals surface area contributed by atoms with E-state index in [1.54, 1.807) is 7.05 Å². The van der Waals surface area contributed by atoms with Crippen molar-refractivity contribution in [3.05, 3.63) is 59.0 Å².